The Labute approximate surface area is 118 Å². The van der Waals surface area contributed by atoms with E-state index < -0.39 is 0 Å². The maximum atomic E-state index is 13.1. The molecule has 0 aliphatic rings. The third-order valence-corrected chi connectivity index (χ3v) is 4.63. The van der Waals surface area contributed by atoms with Gasteiger partial charge in [0, 0.05) is 10.9 Å². The Morgan fingerprint density at radius 3 is 2.68 bits per heavy atom. The molecular weight excluding hydrogens is 257 g/mol. The zero-order chi connectivity index (χ0) is 13.8. The standard InChI is InChI=1S/C16H20FNS/c1-4-12-7-8-19-16(12)15(18-3)10-13-5-6-14(17)9-11(13)2/h5-9,15,18H,4,10H2,1-3H3. The van der Waals surface area contributed by atoms with Gasteiger partial charge in [-0.2, -0.15) is 0 Å². The van der Waals surface area contributed by atoms with Crippen LogP contribution in [0.2, 0.25) is 0 Å². The van der Waals surface area contributed by atoms with Crippen LogP contribution in [0.1, 0.15) is 34.5 Å². The van der Waals surface area contributed by atoms with Gasteiger partial charge in [-0.05, 0) is 67.1 Å². The van der Waals surface area contributed by atoms with E-state index in [-0.39, 0.29) is 5.82 Å². The highest BCUT2D eigenvalue weighted by Crippen LogP contribution is 2.28. The summed E-state index contributed by atoms with van der Waals surface area (Å²) in [4.78, 5) is 1.40. The van der Waals surface area contributed by atoms with E-state index in [0.717, 1.165) is 18.4 Å². The number of hydrogen-bond acceptors (Lipinski definition) is 2. The van der Waals surface area contributed by atoms with E-state index in [0.29, 0.717) is 6.04 Å². The summed E-state index contributed by atoms with van der Waals surface area (Å²) in [5, 5.41) is 5.53. The van der Waals surface area contributed by atoms with Crippen molar-refractivity contribution in [2.24, 2.45) is 0 Å². The number of thiophene rings is 1. The fourth-order valence-electron chi connectivity index (χ4n) is 2.38. The molecule has 0 aliphatic heterocycles. The summed E-state index contributed by atoms with van der Waals surface area (Å²) in [5.41, 5.74) is 3.63. The molecule has 1 atom stereocenters. The molecule has 0 saturated heterocycles. The van der Waals surface area contributed by atoms with Crippen LogP contribution >= 0.6 is 11.3 Å². The van der Waals surface area contributed by atoms with Gasteiger partial charge < -0.3 is 5.32 Å². The number of halogens is 1. The molecule has 1 nitrogen and oxygen atoms in total. The number of rotatable bonds is 5. The van der Waals surface area contributed by atoms with Crippen molar-refractivity contribution in [3.05, 3.63) is 57.0 Å². The van der Waals surface area contributed by atoms with Gasteiger partial charge in [-0.15, -0.1) is 11.3 Å². The van der Waals surface area contributed by atoms with Gasteiger partial charge in [-0.1, -0.05) is 13.0 Å². The Morgan fingerprint density at radius 2 is 2.05 bits per heavy atom. The van der Waals surface area contributed by atoms with Crippen LogP contribution in [-0.4, -0.2) is 7.05 Å². The first-order chi connectivity index (χ1) is 9.15. The summed E-state index contributed by atoms with van der Waals surface area (Å²) in [5.74, 6) is -0.160. The molecule has 2 aromatic rings. The van der Waals surface area contributed by atoms with Gasteiger partial charge in [0.2, 0.25) is 0 Å². The van der Waals surface area contributed by atoms with Crippen molar-refractivity contribution < 1.29 is 4.39 Å². The summed E-state index contributed by atoms with van der Waals surface area (Å²) >= 11 is 1.80. The molecule has 1 aromatic heterocycles. The molecule has 0 fully saturated rings. The summed E-state index contributed by atoms with van der Waals surface area (Å²) in [6.07, 6.45) is 1.95. The summed E-state index contributed by atoms with van der Waals surface area (Å²) in [7, 11) is 1.99. The van der Waals surface area contributed by atoms with Crippen molar-refractivity contribution in [3.8, 4) is 0 Å². The highest BCUT2D eigenvalue weighted by molar-refractivity contribution is 7.10. The van der Waals surface area contributed by atoms with Gasteiger partial charge in [0.1, 0.15) is 5.82 Å². The molecule has 0 bridgehead atoms. The minimum absolute atomic E-state index is 0.160. The molecule has 1 N–H and O–H groups in total. The van der Waals surface area contributed by atoms with Crippen molar-refractivity contribution in [1.82, 2.24) is 5.32 Å². The lowest BCUT2D eigenvalue weighted by Crippen LogP contribution is -2.19. The zero-order valence-electron chi connectivity index (χ0n) is 11.7. The lowest BCUT2D eigenvalue weighted by molar-refractivity contribution is 0.591. The minimum Gasteiger partial charge on any atom is -0.312 e. The molecule has 1 aromatic carbocycles. The van der Waals surface area contributed by atoms with Gasteiger partial charge >= 0.3 is 0 Å². The molecule has 1 unspecified atom stereocenters. The Balaban J connectivity index is 2.24. The third-order valence-electron chi connectivity index (χ3n) is 3.56. The molecule has 2 rings (SSSR count). The Kier molecular flexibility index (Phi) is 4.72. The minimum atomic E-state index is -0.160. The van der Waals surface area contributed by atoms with E-state index in [1.54, 1.807) is 23.5 Å². The van der Waals surface area contributed by atoms with E-state index >= 15 is 0 Å². The van der Waals surface area contributed by atoms with Crippen molar-refractivity contribution >= 4 is 11.3 Å². The average Bonchev–Trinajstić information content (AvgIpc) is 2.86. The van der Waals surface area contributed by atoms with E-state index in [2.05, 4.69) is 23.7 Å². The number of benzene rings is 1. The second kappa shape index (κ2) is 6.31. The molecule has 102 valence electrons. The van der Waals surface area contributed by atoms with Crippen molar-refractivity contribution in [3.63, 3.8) is 0 Å². The lowest BCUT2D eigenvalue weighted by atomic mass is 9.98. The molecule has 0 amide bonds. The van der Waals surface area contributed by atoms with Gasteiger partial charge in [0.05, 0.1) is 0 Å². The zero-order valence-corrected chi connectivity index (χ0v) is 12.5. The normalized spacial score (nSPS) is 12.6. The SMILES string of the molecule is CCc1ccsc1C(Cc1ccc(F)cc1C)NC. The number of nitrogens with one attached hydrogen (secondary N) is 1. The molecular formula is C16H20FNS. The quantitative estimate of drug-likeness (QED) is 0.861. The maximum Gasteiger partial charge on any atom is 0.123 e. The number of aryl methyl sites for hydroxylation is 2. The van der Waals surface area contributed by atoms with Gasteiger partial charge in [0.15, 0.2) is 0 Å². The first kappa shape index (κ1) is 14.2. The predicted molar refractivity (Wildman–Crippen MR) is 80.3 cm³/mol. The topological polar surface area (TPSA) is 12.0 Å². The van der Waals surface area contributed by atoms with Gasteiger partial charge in [-0.25, -0.2) is 4.39 Å². The van der Waals surface area contributed by atoms with Gasteiger partial charge in [0.25, 0.3) is 0 Å². The molecule has 0 saturated carbocycles. The van der Waals surface area contributed by atoms with Crippen LogP contribution < -0.4 is 5.32 Å². The molecule has 0 aliphatic carbocycles. The molecule has 3 heteroatoms. The van der Waals surface area contributed by atoms with E-state index in [1.165, 1.54) is 16.0 Å². The van der Waals surface area contributed by atoms with Crippen LogP contribution in [0.5, 0.6) is 0 Å². The fourth-order valence-corrected chi connectivity index (χ4v) is 3.49. The first-order valence-electron chi connectivity index (χ1n) is 6.64. The number of likely N-dealkylation sites (N-methyl/N-ethyl adjacent to an activating group) is 1. The molecule has 19 heavy (non-hydrogen) atoms. The molecule has 0 radical (unpaired) electrons. The number of hydrogen-bond donors (Lipinski definition) is 1. The highest BCUT2D eigenvalue weighted by atomic mass is 32.1. The summed E-state index contributed by atoms with van der Waals surface area (Å²) < 4.78 is 13.1. The van der Waals surface area contributed by atoms with Crippen molar-refractivity contribution in [2.45, 2.75) is 32.7 Å². The first-order valence-corrected chi connectivity index (χ1v) is 7.52. The van der Waals surface area contributed by atoms with Crippen LogP contribution in [0.25, 0.3) is 0 Å². The van der Waals surface area contributed by atoms with E-state index in [9.17, 15) is 4.39 Å². The van der Waals surface area contributed by atoms with Gasteiger partial charge in [-0.3, -0.25) is 0 Å². The van der Waals surface area contributed by atoms with Crippen LogP contribution in [0.15, 0.2) is 29.6 Å². The van der Waals surface area contributed by atoms with Crippen molar-refractivity contribution in [2.75, 3.05) is 7.05 Å². The maximum absolute atomic E-state index is 13.1. The average molecular weight is 277 g/mol. The van der Waals surface area contributed by atoms with E-state index in [4.69, 9.17) is 0 Å². The fraction of sp³-hybridized carbons (Fsp3) is 0.375. The molecule has 0 spiro atoms. The van der Waals surface area contributed by atoms with Crippen LogP contribution in [-0.2, 0) is 12.8 Å². The summed E-state index contributed by atoms with van der Waals surface area (Å²) in [6, 6.07) is 7.55. The van der Waals surface area contributed by atoms with Crippen molar-refractivity contribution in [1.29, 1.82) is 0 Å². The highest BCUT2D eigenvalue weighted by Gasteiger charge is 2.16. The third kappa shape index (κ3) is 3.23. The lowest BCUT2D eigenvalue weighted by Gasteiger charge is -2.18. The van der Waals surface area contributed by atoms with E-state index in [1.807, 2.05) is 20.0 Å². The largest absolute Gasteiger partial charge is 0.312 e. The van der Waals surface area contributed by atoms with Crippen LogP contribution in [0.3, 0.4) is 0 Å². The second-order valence-corrected chi connectivity index (χ2v) is 5.73. The van der Waals surface area contributed by atoms with Crippen LogP contribution in [0.4, 0.5) is 4.39 Å². The Morgan fingerprint density at radius 1 is 1.26 bits per heavy atom. The molecule has 1 heterocycles. The van der Waals surface area contributed by atoms with Crippen LogP contribution in [0, 0.1) is 12.7 Å². The second-order valence-electron chi connectivity index (χ2n) is 4.78. The predicted octanol–water partition coefficient (Wildman–Crippen LogP) is 4.26. The Bertz CT molecular complexity index is 547. The summed E-state index contributed by atoms with van der Waals surface area (Å²) in [6.45, 7) is 4.15. The Hall–Kier alpha value is -1.19. The monoisotopic (exact) mass is 277 g/mol. The smallest absolute Gasteiger partial charge is 0.123 e.